The zero-order valence-electron chi connectivity index (χ0n) is 20.6. The van der Waals surface area contributed by atoms with Gasteiger partial charge in [-0.15, -0.1) is 0 Å². The summed E-state index contributed by atoms with van der Waals surface area (Å²) in [5.41, 5.74) is 1.98. The summed E-state index contributed by atoms with van der Waals surface area (Å²) in [6.45, 7) is 4.00. The Morgan fingerprint density at radius 2 is 2.03 bits per heavy atom. The molecule has 1 N–H and O–H groups in total. The van der Waals surface area contributed by atoms with Crippen LogP contribution in [0.25, 0.3) is 0 Å². The van der Waals surface area contributed by atoms with Crippen LogP contribution in [0, 0.1) is 0 Å². The zero-order chi connectivity index (χ0) is 24.1. The van der Waals surface area contributed by atoms with E-state index in [-0.39, 0.29) is 59.5 Å². The van der Waals surface area contributed by atoms with Gasteiger partial charge in [0, 0.05) is 5.02 Å². The number of nitrogens with zero attached hydrogens (tertiary/aromatic N) is 1. The fraction of sp³-hybridized carbons (Fsp3) is 0.375. The van der Waals surface area contributed by atoms with Gasteiger partial charge in [-0.1, -0.05) is 47.6 Å². The summed E-state index contributed by atoms with van der Waals surface area (Å²) in [5, 5.41) is 2.78. The Morgan fingerprint density at radius 3 is 2.71 bits per heavy atom. The van der Waals surface area contributed by atoms with Crippen molar-refractivity contribution in [2.75, 3.05) is 19.8 Å². The van der Waals surface area contributed by atoms with E-state index in [2.05, 4.69) is 5.32 Å². The number of thiocarbonyl (C=S) groups is 1. The standard InChI is InChI=1S/C24H25ClN2O5S2.Na.H/c1-15(12-31-19-7-5-16(6-8-19)10-21-22(28)26-23(29)34-21)27-11-20(32-24(27)33)14-30-13-17-3-2-4-18(25)9-17;;/h2-9,15,20-21H,10-14H2,1H3,(H,26,28,29);;/q;+1;-1. The van der Waals surface area contributed by atoms with Crippen molar-refractivity contribution in [2.45, 2.75) is 37.3 Å². The van der Waals surface area contributed by atoms with Gasteiger partial charge in [0.05, 0.1) is 31.1 Å². The summed E-state index contributed by atoms with van der Waals surface area (Å²) >= 11 is 12.4. The summed E-state index contributed by atoms with van der Waals surface area (Å²) in [6, 6.07) is 15.2. The minimum absolute atomic E-state index is 0. The molecule has 0 saturated carbocycles. The molecule has 2 amide bonds. The van der Waals surface area contributed by atoms with Crippen LogP contribution in [0.1, 0.15) is 19.5 Å². The van der Waals surface area contributed by atoms with E-state index in [9.17, 15) is 9.59 Å². The first-order valence-corrected chi connectivity index (χ1v) is 12.6. The molecule has 0 radical (unpaired) electrons. The Hall–Kier alpha value is -1.33. The Balaban J connectivity index is 0.00000228. The van der Waals surface area contributed by atoms with Gasteiger partial charge in [0.2, 0.25) is 5.91 Å². The molecule has 35 heavy (non-hydrogen) atoms. The first-order valence-electron chi connectivity index (χ1n) is 10.9. The molecular formula is C24H26ClN2NaO5S2. The van der Waals surface area contributed by atoms with Crippen LogP contribution in [0.5, 0.6) is 5.75 Å². The van der Waals surface area contributed by atoms with Crippen molar-refractivity contribution >= 4 is 51.9 Å². The molecule has 2 aromatic carbocycles. The Labute approximate surface area is 243 Å². The topological polar surface area (TPSA) is 77.1 Å². The number of rotatable bonds is 10. The van der Waals surface area contributed by atoms with E-state index >= 15 is 0 Å². The molecule has 7 nitrogen and oxygen atoms in total. The van der Waals surface area contributed by atoms with E-state index < -0.39 is 0 Å². The van der Waals surface area contributed by atoms with Crippen LogP contribution in [0.15, 0.2) is 48.5 Å². The van der Waals surface area contributed by atoms with Crippen LogP contribution >= 0.6 is 35.6 Å². The summed E-state index contributed by atoms with van der Waals surface area (Å²) in [5.74, 6) is 0.490. The third-order valence-corrected chi connectivity index (χ3v) is 7.05. The molecule has 3 unspecified atom stereocenters. The van der Waals surface area contributed by atoms with E-state index in [0.29, 0.717) is 43.0 Å². The number of hydrogen-bond acceptors (Lipinski definition) is 7. The van der Waals surface area contributed by atoms with Crippen molar-refractivity contribution in [2.24, 2.45) is 0 Å². The quantitative estimate of drug-likeness (QED) is 0.355. The fourth-order valence-corrected chi connectivity index (χ4v) is 5.16. The third kappa shape index (κ3) is 8.08. The Kier molecular flexibility index (Phi) is 10.7. The number of amides is 2. The minimum atomic E-state index is -0.377. The summed E-state index contributed by atoms with van der Waals surface area (Å²) in [6.07, 6.45) is 0.366. The van der Waals surface area contributed by atoms with Crippen molar-refractivity contribution in [3.05, 3.63) is 64.7 Å². The monoisotopic (exact) mass is 544 g/mol. The minimum Gasteiger partial charge on any atom is -1.00 e. The Bertz CT molecular complexity index is 1070. The maximum atomic E-state index is 11.7. The third-order valence-electron chi connectivity index (χ3n) is 5.50. The molecular weight excluding hydrogens is 519 g/mol. The number of nitrogens with one attached hydrogen (secondary N) is 1. The van der Waals surface area contributed by atoms with Crippen LogP contribution in [0.3, 0.4) is 0 Å². The summed E-state index contributed by atoms with van der Waals surface area (Å²) in [7, 11) is 0. The van der Waals surface area contributed by atoms with E-state index in [1.54, 1.807) is 0 Å². The molecule has 2 fully saturated rings. The van der Waals surface area contributed by atoms with Crippen LogP contribution < -0.4 is 39.6 Å². The Morgan fingerprint density at radius 1 is 1.26 bits per heavy atom. The van der Waals surface area contributed by atoms with Crippen molar-refractivity contribution in [1.82, 2.24) is 10.2 Å². The van der Waals surface area contributed by atoms with Crippen LogP contribution in [0.2, 0.25) is 5.02 Å². The molecule has 2 aliphatic heterocycles. The first-order chi connectivity index (χ1) is 16.4. The normalized spacial score (nSPS) is 20.3. The number of thioether (sulfide) groups is 1. The van der Waals surface area contributed by atoms with Crippen LogP contribution in [0.4, 0.5) is 4.79 Å². The van der Waals surface area contributed by atoms with Gasteiger partial charge in [-0.05, 0) is 61.0 Å². The van der Waals surface area contributed by atoms with E-state index in [4.69, 9.17) is 38.0 Å². The van der Waals surface area contributed by atoms with Gasteiger partial charge < -0.3 is 20.5 Å². The van der Waals surface area contributed by atoms with Crippen molar-refractivity contribution in [1.29, 1.82) is 0 Å². The first kappa shape index (κ1) is 28.2. The number of halogens is 1. The average molecular weight is 545 g/mol. The molecule has 182 valence electrons. The van der Waals surface area contributed by atoms with E-state index in [1.807, 2.05) is 60.4 Å². The molecule has 2 saturated heterocycles. The molecule has 2 heterocycles. The molecule has 2 aromatic rings. The van der Waals surface area contributed by atoms with E-state index in [1.165, 1.54) is 0 Å². The second-order valence-corrected chi connectivity index (χ2v) is 10.2. The molecule has 0 aliphatic carbocycles. The van der Waals surface area contributed by atoms with Crippen molar-refractivity contribution in [3.8, 4) is 5.75 Å². The van der Waals surface area contributed by atoms with Crippen molar-refractivity contribution < 1.29 is 54.8 Å². The van der Waals surface area contributed by atoms with Gasteiger partial charge >= 0.3 is 29.6 Å². The second kappa shape index (κ2) is 13.3. The predicted octanol–water partition coefficient (Wildman–Crippen LogP) is 1.32. The van der Waals surface area contributed by atoms with Crippen LogP contribution in [-0.4, -0.2) is 58.4 Å². The zero-order valence-corrected chi connectivity index (χ0v) is 24.0. The van der Waals surface area contributed by atoms with Gasteiger partial charge in [-0.25, -0.2) is 0 Å². The fourth-order valence-electron chi connectivity index (χ4n) is 3.69. The smallest absolute Gasteiger partial charge is 1.00 e. The molecule has 0 aromatic heterocycles. The van der Waals surface area contributed by atoms with Gasteiger partial charge in [-0.2, -0.15) is 0 Å². The number of carbonyl (C=O) groups excluding carboxylic acids is 2. The number of carbonyl (C=O) groups is 2. The van der Waals surface area contributed by atoms with Gasteiger partial charge in [-0.3, -0.25) is 14.9 Å². The maximum Gasteiger partial charge on any atom is 1.00 e. The van der Waals surface area contributed by atoms with E-state index in [0.717, 1.165) is 28.6 Å². The largest absolute Gasteiger partial charge is 1.00 e. The van der Waals surface area contributed by atoms with Crippen LogP contribution in [-0.2, 0) is 27.3 Å². The molecule has 4 rings (SSSR count). The predicted molar refractivity (Wildman–Crippen MR) is 136 cm³/mol. The maximum absolute atomic E-state index is 11.7. The number of imide groups is 1. The number of hydrogen-bond donors (Lipinski definition) is 1. The van der Waals surface area contributed by atoms with Crippen molar-refractivity contribution in [3.63, 3.8) is 0 Å². The number of benzene rings is 2. The molecule has 3 atom stereocenters. The summed E-state index contributed by atoms with van der Waals surface area (Å²) in [4.78, 5) is 25.0. The van der Waals surface area contributed by atoms with Gasteiger partial charge in [0.25, 0.3) is 10.4 Å². The summed E-state index contributed by atoms with van der Waals surface area (Å²) < 4.78 is 17.5. The number of ether oxygens (including phenoxy) is 3. The molecule has 11 heteroatoms. The average Bonchev–Trinajstić information content (AvgIpc) is 3.33. The molecule has 0 bridgehead atoms. The second-order valence-electron chi connectivity index (χ2n) is 8.19. The molecule has 2 aliphatic rings. The van der Waals surface area contributed by atoms with Gasteiger partial charge in [0.1, 0.15) is 18.5 Å². The molecule has 0 spiro atoms. The SMILES string of the molecule is CC(COc1ccc(CC2SC(=O)NC2=O)cc1)N1CC(COCc2cccc(Cl)c2)OC1=S.[H-].[Na+]. The van der Waals surface area contributed by atoms with Gasteiger partial charge in [0.15, 0.2) is 0 Å².